The topological polar surface area (TPSA) is 476 Å². The first-order valence-corrected chi connectivity index (χ1v) is 47.2. The van der Waals surface area contributed by atoms with E-state index in [1.807, 2.05) is 42.6 Å². The Morgan fingerprint density at radius 3 is 1.10 bits per heavy atom. The molecule has 31 nitrogen and oxygen atoms in total. The van der Waals surface area contributed by atoms with Crippen molar-refractivity contribution in [3.05, 3.63) is 247 Å². The number of hydrogen-bond acceptors (Lipinski definition) is 22. The lowest BCUT2D eigenvalue weighted by molar-refractivity contribution is -0.143. The number of aromatic nitrogens is 19. The van der Waals surface area contributed by atoms with Crippen LogP contribution in [0.3, 0.4) is 0 Å². The molecule has 0 bridgehead atoms. The van der Waals surface area contributed by atoms with Crippen LogP contribution in [0.15, 0.2) is 218 Å². The van der Waals surface area contributed by atoms with E-state index in [-0.39, 0.29) is 47.2 Å². The average Bonchev–Trinajstić information content (AvgIpc) is 1.61. The molecule has 0 aliphatic heterocycles. The third kappa shape index (κ3) is 16.9. The number of imidazole rings is 4. The largest absolute Gasteiger partial charge is 0.481 e. The highest BCUT2D eigenvalue weighted by Crippen LogP contribution is 2.47. The van der Waals surface area contributed by atoms with Gasteiger partial charge in [-0.2, -0.15) is 15.3 Å². The smallest absolute Gasteiger partial charge is 0.306 e. The van der Waals surface area contributed by atoms with Crippen molar-refractivity contribution in [3.8, 4) is 88.7 Å². The molecule has 14 heterocycles. The van der Waals surface area contributed by atoms with Gasteiger partial charge in [0.1, 0.15) is 105 Å². The highest BCUT2D eigenvalue weighted by atomic mass is 32.1. The molecule has 4 aliphatic carbocycles. The number of aliphatic hydroxyl groups excluding tert-OH is 1. The zero-order valence-corrected chi connectivity index (χ0v) is 75.6. The number of H-pyrrole nitrogens is 4. The molecule has 0 radical (unpaired) electrons. The first kappa shape index (κ1) is 88.3. The summed E-state index contributed by atoms with van der Waals surface area (Å²) in [6.45, 7) is 0. The number of fused-ring (bicyclic) bond motifs is 8. The second-order valence-electron chi connectivity index (χ2n) is 35.1. The molecule has 24 rings (SSSR count). The van der Waals surface area contributed by atoms with E-state index in [0.29, 0.717) is 90.0 Å². The monoisotopic (exact) mass is 1850 g/mol. The minimum Gasteiger partial charge on any atom is -0.481 e. The van der Waals surface area contributed by atoms with Crippen molar-refractivity contribution in [1.82, 2.24) is 93.1 Å². The van der Waals surface area contributed by atoms with Crippen LogP contribution in [0.2, 0.25) is 0 Å². The van der Waals surface area contributed by atoms with Crippen LogP contribution < -0.4 is 22.9 Å². The Bertz CT molecular complexity index is 7610. The van der Waals surface area contributed by atoms with E-state index >= 15 is 0 Å². The van der Waals surface area contributed by atoms with Gasteiger partial charge in [-0.05, 0) is 173 Å². The molecule has 0 spiro atoms. The number of nitrogen functional groups attached to an aromatic ring is 4. The Balaban J connectivity index is 0.000000111. The van der Waals surface area contributed by atoms with Gasteiger partial charge in [0.2, 0.25) is 0 Å². The summed E-state index contributed by atoms with van der Waals surface area (Å²) >= 11 is 3.41. The molecular weight excluding hydrogens is 1760 g/mol. The molecule has 0 atom stereocenters. The number of nitrogens with one attached hydrogen (secondary N) is 4. The fourth-order valence-electron chi connectivity index (χ4n) is 20.3. The summed E-state index contributed by atoms with van der Waals surface area (Å²) in [5, 5.41) is 56.9. The molecule has 4 saturated carbocycles. The maximum absolute atomic E-state index is 13.9. The van der Waals surface area contributed by atoms with Crippen molar-refractivity contribution in [3.63, 3.8) is 0 Å². The third-order valence-corrected chi connectivity index (χ3v) is 29.0. The number of hydrogen-bond donors (Lipinski definition) is 12. The minimum absolute atomic E-state index is 0.0772. The number of aliphatic carboxylic acids is 3. The Labute approximate surface area is 784 Å². The number of aliphatic hydroxyl groups is 1. The number of aromatic amines is 4. The number of carbonyl (C=O) groups excluding carboxylic acids is 1. The molecule has 686 valence electrons. The number of halogens is 1. The van der Waals surface area contributed by atoms with Gasteiger partial charge in [-0.3, -0.25) is 18.8 Å². The number of carboxylic acid groups (broad SMARTS) is 3. The van der Waals surface area contributed by atoms with Crippen molar-refractivity contribution in [1.29, 1.82) is 0 Å². The van der Waals surface area contributed by atoms with Crippen LogP contribution in [0, 0.1) is 29.5 Å². The zero-order chi connectivity index (χ0) is 93.5. The number of benzene rings is 6. The van der Waals surface area contributed by atoms with Gasteiger partial charge in [0.25, 0.3) is 0 Å². The summed E-state index contributed by atoms with van der Waals surface area (Å²) in [5.74, 6) is 2.38. The average molecular weight is 1860 g/mol. The van der Waals surface area contributed by atoms with Crippen molar-refractivity contribution in [2.24, 2.45) is 23.7 Å². The number of aldehydes is 1. The normalized spacial score (nSPS) is 18.4. The number of carboxylic acids is 3. The number of carbonyl (C=O) groups is 4. The lowest BCUT2D eigenvalue weighted by atomic mass is 9.82. The molecule has 14 aromatic heterocycles. The van der Waals surface area contributed by atoms with Crippen LogP contribution in [0.1, 0.15) is 150 Å². The predicted octanol–water partition coefficient (Wildman–Crippen LogP) is 20.1. The Morgan fingerprint density at radius 2 is 0.721 bits per heavy atom. The summed E-state index contributed by atoms with van der Waals surface area (Å²) in [5.41, 5.74) is 44.7. The molecule has 0 unspecified atom stereocenters. The molecule has 20 aromatic rings. The van der Waals surface area contributed by atoms with Crippen LogP contribution in [0.4, 0.5) is 27.7 Å². The molecule has 0 amide bonds. The maximum Gasteiger partial charge on any atom is 0.306 e. The summed E-state index contributed by atoms with van der Waals surface area (Å²) in [6, 6.07) is 58.3. The third-order valence-electron chi connectivity index (χ3n) is 27.2. The molecular formula is C102H96FN23O8S2. The van der Waals surface area contributed by atoms with Crippen LogP contribution in [-0.4, -0.2) is 145 Å². The van der Waals surface area contributed by atoms with Crippen molar-refractivity contribution in [2.75, 3.05) is 30.0 Å². The number of nitrogens with zero attached hydrogens (tertiary/aromatic N) is 15. The van der Waals surface area contributed by atoms with Crippen LogP contribution >= 0.6 is 22.7 Å². The van der Waals surface area contributed by atoms with E-state index in [1.165, 1.54) is 46.4 Å². The Kier molecular flexibility index (Phi) is 24.5. The number of rotatable bonds is 16. The quantitative estimate of drug-likeness (QED) is 0.0400. The van der Waals surface area contributed by atoms with Crippen molar-refractivity contribution >= 4 is 136 Å². The van der Waals surface area contributed by atoms with Crippen molar-refractivity contribution < 1.29 is 44.0 Å². The first-order valence-electron chi connectivity index (χ1n) is 45.5. The number of nitrogens with two attached hydrogens (primary N) is 4. The van der Waals surface area contributed by atoms with Crippen LogP contribution in [0.5, 0.6) is 0 Å². The Hall–Kier alpha value is -15.7. The summed E-state index contributed by atoms with van der Waals surface area (Å²) < 4.78 is 21.3. The lowest BCUT2D eigenvalue weighted by Crippen LogP contribution is -2.21. The molecule has 34 heteroatoms. The van der Waals surface area contributed by atoms with Gasteiger partial charge < -0.3 is 68.1 Å². The Morgan fingerprint density at radius 1 is 0.382 bits per heavy atom. The van der Waals surface area contributed by atoms with Gasteiger partial charge in [0.05, 0.1) is 62.6 Å². The van der Waals surface area contributed by atoms with Gasteiger partial charge in [-0.15, -0.1) is 22.7 Å². The fourth-order valence-corrected chi connectivity index (χ4v) is 21.8. The summed E-state index contributed by atoms with van der Waals surface area (Å²) in [6.07, 6.45) is 21.0. The SMILES string of the molecule is CO.Nc1nccn2c(C3CCC(C=O)CC3)nc(-c3cc4cccc(-c5ccccc5)c4[nH]3)c12.Nc1ncnn2c(C3CCC(C(=O)O)CC3)nc(-c3cc4cccc(-c5cccc(F)c5)c4[nH]3)c12.Nc1ncnn2c(C3CCC(C(=O)O)CC3)nc(-c3cc4cccc(-c5cccs5)c4[nH]3)c12.Nc1ncnn2c(C3CCC(C(=O)O)CC3)nc(-c3cc4cccc(-c5cccs5)c4[nH]3)c12. The maximum atomic E-state index is 13.9. The molecule has 0 saturated heterocycles. The van der Waals surface area contributed by atoms with E-state index in [0.717, 1.165) is 218 Å². The molecule has 136 heavy (non-hydrogen) atoms. The fraction of sp³-hybridized carbons (Fsp3) is 0.245. The van der Waals surface area contributed by atoms with E-state index in [2.05, 4.69) is 192 Å². The first-order chi connectivity index (χ1) is 66.4. The molecule has 4 fully saturated rings. The van der Waals surface area contributed by atoms with Crippen molar-refractivity contribution in [2.45, 2.75) is 126 Å². The molecule has 6 aromatic carbocycles. The van der Waals surface area contributed by atoms with Gasteiger partial charge in [-0.25, -0.2) is 57.8 Å². The number of anilines is 4. The van der Waals surface area contributed by atoms with Crippen LogP contribution in [0.25, 0.3) is 154 Å². The predicted molar refractivity (Wildman–Crippen MR) is 526 cm³/mol. The van der Waals surface area contributed by atoms with E-state index in [9.17, 15) is 38.9 Å². The van der Waals surface area contributed by atoms with E-state index in [1.54, 1.807) is 48.5 Å². The highest BCUT2D eigenvalue weighted by molar-refractivity contribution is 7.14. The zero-order valence-electron chi connectivity index (χ0n) is 73.9. The van der Waals surface area contributed by atoms with Gasteiger partial charge in [0.15, 0.2) is 17.5 Å². The van der Waals surface area contributed by atoms with Gasteiger partial charge in [0, 0.05) is 103 Å². The second kappa shape index (κ2) is 37.8. The van der Waals surface area contributed by atoms with Gasteiger partial charge in [-0.1, -0.05) is 127 Å². The van der Waals surface area contributed by atoms with E-state index in [4.69, 9.17) is 48.0 Å². The standard InChI is InChI=1S/C27H25N5O.C26H23FN6O2.2C24H22N6O2S.CH4O/c28-26-25-24(31-27(32(25)14-13-29-26)19-11-9-17(16-33)10-12-19)22-15-20-7-4-8-21(23(20)30-22)18-5-2-1-3-6-18;27-18-5-1-3-16(11-18)19-6-2-4-17-12-20(31-21(17)19)22-23-24(28)29-13-30-33(23)25(32-22)14-7-9-15(10-8-14)26(34)35;2*25-22-21-20(17-11-15-3-1-4-16(19(15)28-17)18-5-2-10-33-18)29-23(30(21)27-12-26-22)13-6-8-14(9-7-13)24(31)32;1-2/h1-8,13-17,19,30H,9-12H2,(H2,28,29);1-6,11-15,31H,7-10H2,(H,34,35)(H2,28,29,30);2*1-5,10-14,28H,6-9H2,(H,31,32)(H2,25,26,27);2H,1H3. The summed E-state index contributed by atoms with van der Waals surface area (Å²) in [4.78, 5) is 99.1. The van der Waals surface area contributed by atoms with E-state index < -0.39 is 17.9 Å². The second-order valence-corrected chi connectivity index (χ2v) is 37.0. The lowest BCUT2D eigenvalue weighted by Gasteiger charge is -2.24. The highest BCUT2D eigenvalue weighted by Gasteiger charge is 2.37. The molecule has 16 N–H and O–H groups in total. The van der Waals surface area contributed by atoms with Crippen LogP contribution in [-0.2, 0) is 19.2 Å². The molecule has 4 aliphatic rings. The number of para-hydroxylation sites is 4. The number of thiophene rings is 2. The summed E-state index contributed by atoms with van der Waals surface area (Å²) in [7, 11) is 1.00. The minimum atomic E-state index is -0.740. The van der Waals surface area contributed by atoms with Gasteiger partial charge >= 0.3 is 17.9 Å².